The third-order valence-corrected chi connectivity index (χ3v) is 2.77. The van der Waals surface area contributed by atoms with Crippen LogP contribution in [0.3, 0.4) is 0 Å². The van der Waals surface area contributed by atoms with Crippen molar-refractivity contribution in [3.8, 4) is 0 Å². The van der Waals surface area contributed by atoms with Crippen LogP contribution in [0.15, 0.2) is 18.2 Å². The first kappa shape index (κ1) is 16.4. The fourth-order valence-electron chi connectivity index (χ4n) is 1.77. The number of benzene rings is 1. The fourth-order valence-corrected chi connectivity index (χ4v) is 1.77. The molecule has 2 N–H and O–H groups in total. The SMILES string of the molecule is CC(C)N(CCN)C(=O)c1ccc(F)c(C(F)(F)F)c1. The van der Waals surface area contributed by atoms with Gasteiger partial charge in [0.05, 0.1) is 5.56 Å². The number of halogens is 4. The Morgan fingerprint density at radius 3 is 2.40 bits per heavy atom. The maximum absolute atomic E-state index is 13.2. The summed E-state index contributed by atoms with van der Waals surface area (Å²) in [6.07, 6.45) is -4.84. The monoisotopic (exact) mass is 292 g/mol. The standard InChI is InChI=1S/C13H16F4N2O/c1-8(2)19(6-5-18)12(20)9-3-4-11(14)10(7-9)13(15,16)17/h3-4,7-8H,5-6,18H2,1-2H3. The van der Waals surface area contributed by atoms with E-state index in [2.05, 4.69) is 0 Å². The summed E-state index contributed by atoms with van der Waals surface area (Å²) >= 11 is 0. The highest BCUT2D eigenvalue weighted by atomic mass is 19.4. The first-order chi connectivity index (χ1) is 9.18. The lowest BCUT2D eigenvalue weighted by atomic mass is 10.1. The molecule has 3 nitrogen and oxygen atoms in total. The zero-order valence-corrected chi connectivity index (χ0v) is 11.2. The third kappa shape index (κ3) is 3.69. The highest BCUT2D eigenvalue weighted by molar-refractivity contribution is 5.94. The molecule has 1 aromatic rings. The Morgan fingerprint density at radius 1 is 1.35 bits per heavy atom. The van der Waals surface area contributed by atoms with Crippen molar-refractivity contribution in [2.45, 2.75) is 26.1 Å². The van der Waals surface area contributed by atoms with Crippen LogP contribution in [-0.2, 0) is 6.18 Å². The lowest BCUT2D eigenvalue weighted by Gasteiger charge is -2.26. The van der Waals surface area contributed by atoms with Crippen LogP contribution in [0.25, 0.3) is 0 Å². The molecule has 0 heterocycles. The minimum atomic E-state index is -4.84. The average Bonchev–Trinajstić information content (AvgIpc) is 2.34. The average molecular weight is 292 g/mol. The Kier molecular flexibility index (Phi) is 5.10. The summed E-state index contributed by atoms with van der Waals surface area (Å²) in [4.78, 5) is 13.5. The summed E-state index contributed by atoms with van der Waals surface area (Å²) in [6, 6.07) is 2.00. The van der Waals surface area contributed by atoms with E-state index < -0.39 is 23.5 Å². The number of hydrogen-bond donors (Lipinski definition) is 1. The number of carbonyl (C=O) groups excluding carboxylic acids is 1. The smallest absolute Gasteiger partial charge is 0.335 e. The molecule has 0 aliphatic carbocycles. The molecule has 0 atom stereocenters. The van der Waals surface area contributed by atoms with Crippen molar-refractivity contribution < 1.29 is 22.4 Å². The Bertz CT molecular complexity index is 486. The van der Waals surface area contributed by atoms with Crippen LogP contribution in [0.2, 0.25) is 0 Å². The molecule has 0 aliphatic heterocycles. The third-order valence-electron chi connectivity index (χ3n) is 2.77. The largest absolute Gasteiger partial charge is 0.419 e. The fraction of sp³-hybridized carbons (Fsp3) is 0.462. The van der Waals surface area contributed by atoms with Crippen LogP contribution in [0.5, 0.6) is 0 Å². The highest BCUT2D eigenvalue weighted by Crippen LogP contribution is 2.32. The van der Waals surface area contributed by atoms with Gasteiger partial charge in [-0.05, 0) is 32.0 Å². The van der Waals surface area contributed by atoms with Crippen molar-refractivity contribution in [2.24, 2.45) is 5.73 Å². The van der Waals surface area contributed by atoms with E-state index in [0.29, 0.717) is 12.1 Å². The molecule has 0 aromatic heterocycles. The number of alkyl halides is 3. The van der Waals surface area contributed by atoms with Crippen molar-refractivity contribution in [3.63, 3.8) is 0 Å². The number of carbonyl (C=O) groups is 1. The lowest BCUT2D eigenvalue weighted by molar-refractivity contribution is -0.140. The van der Waals surface area contributed by atoms with E-state index in [4.69, 9.17) is 5.73 Å². The second-order valence-corrected chi connectivity index (χ2v) is 4.57. The quantitative estimate of drug-likeness (QED) is 0.867. The molecule has 1 amide bonds. The summed E-state index contributed by atoms with van der Waals surface area (Å²) < 4.78 is 51.0. The van der Waals surface area contributed by atoms with Gasteiger partial charge in [-0.15, -0.1) is 0 Å². The molecule has 0 aliphatic rings. The number of nitrogens with zero attached hydrogens (tertiary/aromatic N) is 1. The second-order valence-electron chi connectivity index (χ2n) is 4.57. The molecule has 0 fully saturated rings. The van der Waals surface area contributed by atoms with Gasteiger partial charge in [0.1, 0.15) is 5.82 Å². The molecule has 0 radical (unpaired) electrons. The van der Waals surface area contributed by atoms with E-state index in [9.17, 15) is 22.4 Å². The van der Waals surface area contributed by atoms with Crippen molar-refractivity contribution in [1.29, 1.82) is 0 Å². The lowest BCUT2D eigenvalue weighted by Crippen LogP contribution is -2.40. The summed E-state index contributed by atoms with van der Waals surface area (Å²) in [5.41, 5.74) is 3.72. The van der Waals surface area contributed by atoms with Gasteiger partial charge in [-0.2, -0.15) is 13.2 Å². The molecule has 7 heteroatoms. The Morgan fingerprint density at radius 2 is 1.95 bits per heavy atom. The summed E-state index contributed by atoms with van der Waals surface area (Å²) in [5.74, 6) is -2.00. The Hall–Kier alpha value is -1.63. The topological polar surface area (TPSA) is 46.3 Å². The molecule has 0 saturated heterocycles. The number of hydrogen-bond acceptors (Lipinski definition) is 2. The highest BCUT2D eigenvalue weighted by Gasteiger charge is 2.35. The minimum Gasteiger partial charge on any atom is -0.335 e. The first-order valence-electron chi connectivity index (χ1n) is 6.06. The predicted molar refractivity (Wildman–Crippen MR) is 66.6 cm³/mol. The van der Waals surface area contributed by atoms with E-state index in [-0.39, 0.29) is 24.7 Å². The van der Waals surface area contributed by atoms with Crippen molar-refractivity contribution in [1.82, 2.24) is 4.90 Å². The van der Waals surface area contributed by atoms with E-state index >= 15 is 0 Å². The van der Waals surface area contributed by atoms with Crippen molar-refractivity contribution in [3.05, 3.63) is 35.1 Å². The van der Waals surface area contributed by atoms with Gasteiger partial charge in [0.25, 0.3) is 5.91 Å². The number of nitrogens with two attached hydrogens (primary N) is 1. The normalized spacial score (nSPS) is 11.8. The van der Waals surface area contributed by atoms with Crippen LogP contribution in [0, 0.1) is 5.82 Å². The van der Waals surface area contributed by atoms with Gasteiger partial charge in [0.15, 0.2) is 0 Å². The molecular formula is C13H16F4N2O. The molecule has 0 saturated carbocycles. The Balaban J connectivity index is 3.17. The maximum atomic E-state index is 13.2. The summed E-state index contributed by atoms with van der Waals surface area (Å²) in [7, 11) is 0. The van der Waals surface area contributed by atoms with Gasteiger partial charge in [-0.3, -0.25) is 4.79 Å². The van der Waals surface area contributed by atoms with Gasteiger partial charge >= 0.3 is 6.18 Å². The Labute approximate surface area is 114 Å². The molecular weight excluding hydrogens is 276 g/mol. The summed E-state index contributed by atoms with van der Waals surface area (Å²) in [5, 5.41) is 0. The minimum absolute atomic E-state index is 0.192. The van der Waals surface area contributed by atoms with Gasteiger partial charge in [0.2, 0.25) is 0 Å². The van der Waals surface area contributed by atoms with Crippen molar-refractivity contribution in [2.75, 3.05) is 13.1 Å². The molecule has 20 heavy (non-hydrogen) atoms. The molecule has 0 bridgehead atoms. The summed E-state index contributed by atoms with van der Waals surface area (Å²) in [6.45, 7) is 3.86. The van der Waals surface area contributed by atoms with Gasteiger partial charge in [0, 0.05) is 24.7 Å². The van der Waals surface area contributed by atoms with E-state index in [0.717, 1.165) is 6.07 Å². The molecule has 1 aromatic carbocycles. The van der Waals surface area contributed by atoms with Crippen LogP contribution < -0.4 is 5.73 Å². The first-order valence-corrected chi connectivity index (χ1v) is 6.06. The van der Waals surface area contributed by atoms with Gasteiger partial charge < -0.3 is 10.6 Å². The zero-order chi connectivity index (χ0) is 15.5. The van der Waals surface area contributed by atoms with Crippen LogP contribution in [0.1, 0.15) is 29.8 Å². The molecule has 0 spiro atoms. The van der Waals surface area contributed by atoms with Gasteiger partial charge in [-0.25, -0.2) is 4.39 Å². The van der Waals surface area contributed by atoms with Crippen LogP contribution in [-0.4, -0.2) is 29.9 Å². The number of rotatable bonds is 4. The molecule has 0 unspecified atom stereocenters. The van der Waals surface area contributed by atoms with E-state index in [1.807, 2.05) is 0 Å². The maximum Gasteiger partial charge on any atom is 0.419 e. The van der Waals surface area contributed by atoms with Crippen LogP contribution >= 0.6 is 0 Å². The zero-order valence-electron chi connectivity index (χ0n) is 11.2. The number of amides is 1. The molecule has 112 valence electrons. The molecule has 1 rings (SSSR count). The van der Waals surface area contributed by atoms with Crippen molar-refractivity contribution >= 4 is 5.91 Å². The van der Waals surface area contributed by atoms with Crippen LogP contribution in [0.4, 0.5) is 17.6 Å². The predicted octanol–water partition coefficient (Wildman–Crippen LogP) is 2.65. The second kappa shape index (κ2) is 6.21. The van der Waals surface area contributed by atoms with Gasteiger partial charge in [-0.1, -0.05) is 0 Å². The van der Waals surface area contributed by atoms with E-state index in [1.165, 1.54) is 4.90 Å². The van der Waals surface area contributed by atoms with E-state index in [1.54, 1.807) is 13.8 Å².